The minimum absolute atomic E-state index is 0.0367. The summed E-state index contributed by atoms with van der Waals surface area (Å²) in [5.41, 5.74) is -4.13. The predicted molar refractivity (Wildman–Crippen MR) is 176 cm³/mol. The van der Waals surface area contributed by atoms with Gasteiger partial charge in [0.2, 0.25) is 0 Å². The number of halogens is 3. The maximum Gasteiger partial charge on any atom is 0.423 e. The summed E-state index contributed by atoms with van der Waals surface area (Å²) >= 11 is 0. The number of hydrogen-bond acceptors (Lipinski definition) is 6. The second kappa shape index (κ2) is 22.7. The number of unbranched alkanes of at least 4 members (excludes halogenated alkanes) is 15. The summed E-state index contributed by atoms with van der Waals surface area (Å²) < 4.78 is 57.5. The highest BCUT2D eigenvalue weighted by Crippen LogP contribution is 2.32. The van der Waals surface area contributed by atoms with Crippen LogP contribution in [0.15, 0.2) is 15.8 Å². The van der Waals surface area contributed by atoms with E-state index in [0.29, 0.717) is 23.9 Å². The second-order valence-corrected chi connectivity index (χ2v) is 12.5. The van der Waals surface area contributed by atoms with Crippen LogP contribution in [0.25, 0.3) is 0 Å². The molecule has 268 valence electrons. The van der Waals surface area contributed by atoms with Gasteiger partial charge in [-0.25, -0.2) is 9.59 Å². The average Bonchev–Trinajstić information content (AvgIpc) is 3.43. The third kappa shape index (κ3) is 15.3. The fourth-order valence-electron chi connectivity index (χ4n) is 5.91. The van der Waals surface area contributed by atoms with E-state index in [1.807, 2.05) is 6.92 Å². The first-order chi connectivity index (χ1) is 22.6. The third-order valence-corrected chi connectivity index (χ3v) is 8.55. The minimum atomic E-state index is -4.97. The van der Waals surface area contributed by atoms with Gasteiger partial charge in [-0.05, 0) is 12.8 Å². The molecule has 1 fully saturated rings. The standard InChI is InChI=1S/C35H56F3N3O6/c1-4-7-8-9-10-11-12-13-14-15-16-17-18-19-20-21-23-40(22-5-2)34(44)46-27-30-29(45-24-6-3)25-31(47-30)41-26-28(35(36,37)38)32(42)39-33(41)43/h3,26,29-31H,4-5,7-25,27H2,1-2H3,(H,39,42,43)/t29-,30+,31+/m0/s1. The van der Waals surface area contributed by atoms with Gasteiger partial charge in [0.15, 0.2) is 0 Å². The zero-order chi connectivity index (χ0) is 34.5. The Bertz CT molecular complexity index is 1180. The van der Waals surface area contributed by atoms with Crippen molar-refractivity contribution in [2.75, 3.05) is 26.3 Å². The summed E-state index contributed by atoms with van der Waals surface area (Å²) in [6, 6.07) is 0. The van der Waals surface area contributed by atoms with E-state index in [9.17, 15) is 27.6 Å². The molecule has 0 radical (unpaired) electrons. The van der Waals surface area contributed by atoms with Gasteiger partial charge in [0, 0.05) is 25.7 Å². The van der Waals surface area contributed by atoms with Crippen LogP contribution in [0.4, 0.5) is 18.0 Å². The van der Waals surface area contributed by atoms with Crippen molar-refractivity contribution in [1.82, 2.24) is 14.5 Å². The summed E-state index contributed by atoms with van der Waals surface area (Å²) in [4.78, 5) is 40.3. The number of ether oxygens (including phenoxy) is 3. The Balaban J connectivity index is 1.73. The van der Waals surface area contributed by atoms with Crippen LogP contribution in [0.2, 0.25) is 0 Å². The van der Waals surface area contributed by atoms with Gasteiger partial charge in [-0.3, -0.25) is 14.3 Å². The average molecular weight is 672 g/mol. The summed E-state index contributed by atoms with van der Waals surface area (Å²) in [5, 5.41) is 0. The molecule has 0 spiro atoms. The lowest BCUT2D eigenvalue weighted by Crippen LogP contribution is -2.37. The number of carbonyl (C=O) groups excluding carboxylic acids is 1. The highest BCUT2D eigenvalue weighted by atomic mass is 19.4. The molecule has 1 N–H and O–H groups in total. The second-order valence-electron chi connectivity index (χ2n) is 12.5. The number of aromatic nitrogens is 2. The van der Waals surface area contributed by atoms with Gasteiger partial charge in [-0.1, -0.05) is 116 Å². The number of amides is 1. The Morgan fingerprint density at radius 3 is 2.00 bits per heavy atom. The summed E-state index contributed by atoms with van der Waals surface area (Å²) in [7, 11) is 0. The number of hydrogen-bond donors (Lipinski definition) is 1. The van der Waals surface area contributed by atoms with Crippen LogP contribution >= 0.6 is 0 Å². The van der Waals surface area contributed by atoms with Gasteiger partial charge in [-0.15, -0.1) is 6.42 Å². The lowest BCUT2D eigenvalue weighted by Gasteiger charge is -2.24. The van der Waals surface area contributed by atoms with E-state index >= 15 is 0 Å². The maximum atomic E-state index is 13.3. The Labute approximate surface area is 277 Å². The van der Waals surface area contributed by atoms with Crippen LogP contribution in [0, 0.1) is 12.3 Å². The van der Waals surface area contributed by atoms with Crippen molar-refractivity contribution < 1.29 is 32.2 Å². The molecule has 0 aromatic carbocycles. The van der Waals surface area contributed by atoms with E-state index in [0.717, 1.165) is 25.7 Å². The molecule has 1 aliphatic rings. The van der Waals surface area contributed by atoms with Crippen molar-refractivity contribution in [3.63, 3.8) is 0 Å². The molecule has 0 saturated carbocycles. The number of carbonyl (C=O) groups is 1. The highest BCUT2D eigenvalue weighted by Gasteiger charge is 2.41. The molecule has 3 atom stereocenters. The highest BCUT2D eigenvalue weighted by molar-refractivity contribution is 5.67. The summed E-state index contributed by atoms with van der Waals surface area (Å²) in [6.07, 6.45) is 18.4. The largest absolute Gasteiger partial charge is 0.447 e. The Kier molecular flexibility index (Phi) is 19.5. The van der Waals surface area contributed by atoms with Crippen molar-refractivity contribution in [2.45, 2.75) is 154 Å². The lowest BCUT2D eigenvalue weighted by atomic mass is 10.0. The number of terminal acetylenes is 1. The molecule has 1 aliphatic heterocycles. The number of nitrogens with one attached hydrogen (secondary N) is 1. The fourth-order valence-corrected chi connectivity index (χ4v) is 5.91. The van der Waals surface area contributed by atoms with E-state index in [1.54, 1.807) is 9.88 Å². The van der Waals surface area contributed by atoms with Crippen LogP contribution in [-0.2, 0) is 20.4 Å². The zero-order valence-electron chi connectivity index (χ0n) is 28.4. The van der Waals surface area contributed by atoms with Gasteiger partial charge < -0.3 is 19.1 Å². The molecule has 12 heteroatoms. The number of H-pyrrole nitrogens is 1. The van der Waals surface area contributed by atoms with Crippen LogP contribution < -0.4 is 11.2 Å². The van der Waals surface area contributed by atoms with Crippen LogP contribution in [-0.4, -0.2) is 59.1 Å². The number of alkyl halides is 3. The molecule has 1 saturated heterocycles. The number of aromatic amines is 1. The molecule has 0 aliphatic carbocycles. The first-order valence-corrected chi connectivity index (χ1v) is 17.7. The summed E-state index contributed by atoms with van der Waals surface area (Å²) in [6.45, 7) is 4.95. The Morgan fingerprint density at radius 2 is 1.49 bits per heavy atom. The van der Waals surface area contributed by atoms with E-state index in [2.05, 4.69) is 12.8 Å². The van der Waals surface area contributed by atoms with Gasteiger partial charge in [0.05, 0.1) is 6.10 Å². The molecule has 47 heavy (non-hydrogen) atoms. The van der Waals surface area contributed by atoms with Crippen LogP contribution in [0.3, 0.4) is 0 Å². The van der Waals surface area contributed by atoms with Gasteiger partial charge in [-0.2, -0.15) is 13.2 Å². The number of nitrogens with zero attached hydrogens (tertiary/aromatic N) is 2. The minimum Gasteiger partial charge on any atom is -0.447 e. The Hall–Kier alpha value is -2.78. The van der Waals surface area contributed by atoms with Gasteiger partial charge >= 0.3 is 18.0 Å². The predicted octanol–water partition coefficient (Wildman–Crippen LogP) is 7.97. The van der Waals surface area contributed by atoms with Crippen molar-refractivity contribution >= 4 is 6.09 Å². The Morgan fingerprint density at radius 1 is 0.936 bits per heavy atom. The van der Waals surface area contributed by atoms with Gasteiger partial charge in [0.25, 0.3) is 5.56 Å². The molecule has 0 unspecified atom stereocenters. The molecular weight excluding hydrogens is 615 g/mol. The van der Waals surface area contributed by atoms with Crippen LogP contribution in [0.5, 0.6) is 0 Å². The quantitative estimate of drug-likeness (QED) is 0.0884. The normalized spacial score (nSPS) is 17.9. The SMILES string of the molecule is C#CCO[C@H]1C[C@H](n2cc(C(F)(F)F)c(=O)[nH]c2=O)O[C@@H]1COC(=O)N(CCC)CCCCCCCCCCCCCCCCCC. The monoisotopic (exact) mass is 671 g/mol. The van der Waals surface area contributed by atoms with Gasteiger partial charge in [0.1, 0.15) is 31.1 Å². The lowest BCUT2D eigenvalue weighted by molar-refractivity contribution is -0.139. The summed E-state index contributed by atoms with van der Waals surface area (Å²) in [5.74, 6) is 2.32. The molecule has 1 aromatic heterocycles. The van der Waals surface area contributed by atoms with E-state index < -0.39 is 47.5 Å². The molecule has 2 heterocycles. The molecule has 0 bridgehead atoms. The van der Waals surface area contributed by atoms with Crippen molar-refractivity contribution in [1.29, 1.82) is 0 Å². The molecule has 1 amide bonds. The zero-order valence-corrected chi connectivity index (χ0v) is 28.4. The fraction of sp³-hybridized carbons (Fsp3) is 0.800. The van der Waals surface area contributed by atoms with Crippen LogP contribution in [0.1, 0.15) is 141 Å². The van der Waals surface area contributed by atoms with E-state index in [1.165, 1.54) is 83.5 Å². The molecule has 2 rings (SSSR count). The molecule has 9 nitrogen and oxygen atoms in total. The van der Waals surface area contributed by atoms with Crippen molar-refractivity contribution in [3.05, 3.63) is 32.6 Å². The molecule has 1 aromatic rings. The van der Waals surface area contributed by atoms with Crippen molar-refractivity contribution in [3.8, 4) is 12.3 Å². The molecular formula is C35H56F3N3O6. The first kappa shape index (κ1) is 40.4. The smallest absolute Gasteiger partial charge is 0.423 e. The van der Waals surface area contributed by atoms with E-state index in [-0.39, 0.29) is 19.6 Å². The first-order valence-electron chi connectivity index (χ1n) is 17.7. The number of rotatable bonds is 24. The third-order valence-electron chi connectivity index (χ3n) is 8.55. The maximum absolute atomic E-state index is 13.3. The van der Waals surface area contributed by atoms with E-state index in [4.69, 9.17) is 20.6 Å². The van der Waals surface area contributed by atoms with Crippen molar-refractivity contribution in [2.24, 2.45) is 0 Å². The topological polar surface area (TPSA) is 103 Å².